The van der Waals surface area contributed by atoms with Gasteiger partial charge in [-0.15, -0.1) is 23.4 Å². The first kappa shape index (κ1) is 33.1. The summed E-state index contributed by atoms with van der Waals surface area (Å²) in [5.74, 6) is -0.218. The highest BCUT2D eigenvalue weighted by atomic mass is 19.4. The molecule has 3 aromatic rings. The Bertz CT molecular complexity index is 1550. The Kier molecular flexibility index (Phi) is 9.50. The first-order valence-corrected chi connectivity index (χ1v) is 15.8. The summed E-state index contributed by atoms with van der Waals surface area (Å²) in [6.07, 6.45) is 0.612. The number of nitrogens with zero attached hydrogens (tertiary/aromatic N) is 5. The maximum absolute atomic E-state index is 14.4. The lowest BCUT2D eigenvalue weighted by molar-refractivity contribution is -0.274. The number of aromatic nitrogens is 4. The molecule has 1 spiro atoms. The number of tetrazole rings is 1. The van der Waals surface area contributed by atoms with Crippen LogP contribution in [0.1, 0.15) is 106 Å². The number of rotatable bonds is 11. The second-order valence-electron chi connectivity index (χ2n) is 12.7. The highest BCUT2D eigenvalue weighted by Crippen LogP contribution is 2.50. The topological polar surface area (TPSA) is 125 Å². The van der Waals surface area contributed by atoms with Crippen LogP contribution in [0.15, 0.2) is 53.5 Å². The van der Waals surface area contributed by atoms with Gasteiger partial charge in [-0.1, -0.05) is 70.0 Å². The van der Waals surface area contributed by atoms with Gasteiger partial charge in [0.2, 0.25) is 0 Å². The molecule has 2 N–H and O–H groups in total. The summed E-state index contributed by atoms with van der Waals surface area (Å²) < 4.78 is 43.3. The zero-order valence-electron chi connectivity index (χ0n) is 26.5. The average molecular weight is 640 g/mol. The van der Waals surface area contributed by atoms with Crippen LogP contribution in [-0.4, -0.2) is 55.1 Å². The summed E-state index contributed by atoms with van der Waals surface area (Å²) >= 11 is 0. The van der Waals surface area contributed by atoms with Gasteiger partial charge in [-0.2, -0.15) is 5.21 Å². The summed E-state index contributed by atoms with van der Waals surface area (Å²) in [5.41, 5.74) is 1.01. The molecule has 246 valence electrons. The molecular weight excluding hydrogens is 599 g/mol. The predicted octanol–water partition coefficient (Wildman–Crippen LogP) is 6.52. The summed E-state index contributed by atoms with van der Waals surface area (Å²) in [6.45, 7) is 8.89. The second-order valence-corrected chi connectivity index (χ2v) is 12.7. The van der Waals surface area contributed by atoms with E-state index in [1.807, 2.05) is 24.0 Å². The SMILES string of the molecule is CCC[C@H](c1ccc(C(=O)NCc2nn[nH]n2)cc1)N1C(=O)C(c2cccc(OC(F)(F)F)c2)=NC12CCC(C(C)(C)CC)CC2. The largest absolute Gasteiger partial charge is 0.573 e. The smallest absolute Gasteiger partial charge is 0.406 e. The third-order valence-corrected chi connectivity index (χ3v) is 9.56. The summed E-state index contributed by atoms with van der Waals surface area (Å²) in [7, 11) is 0. The summed E-state index contributed by atoms with van der Waals surface area (Å²) in [4.78, 5) is 34.2. The molecule has 1 fully saturated rings. The van der Waals surface area contributed by atoms with E-state index in [1.165, 1.54) is 18.2 Å². The summed E-state index contributed by atoms with van der Waals surface area (Å²) in [6, 6.07) is 12.3. The van der Waals surface area contributed by atoms with Crippen LogP contribution in [0.4, 0.5) is 13.2 Å². The minimum absolute atomic E-state index is 0.117. The van der Waals surface area contributed by atoms with Gasteiger partial charge in [0, 0.05) is 11.1 Å². The highest BCUT2D eigenvalue weighted by molar-refractivity contribution is 6.46. The number of carbonyl (C=O) groups excluding carboxylic acids is 2. The molecule has 2 aliphatic rings. The molecule has 5 rings (SSSR count). The van der Waals surface area contributed by atoms with E-state index in [9.17, 15) is 22.8 Å². The van der Waals surface area contributed by atoms with Crippen molar-refractivity contribution in [2.45, 2.75) is 97.3 Å². The van der Waals surface area contributed by atoms with E-state index in [0.29, 0.717) is 36.6 Å². The van der Waals surface area contributed by atoms with Gasteiger partial charge in [0.05, 0.1) is 12.6 Å². The van der Waals surface area contributed by atoms with E-state index < -0.39 is 17.8 Å². The number of amides is 2. The molecule has 0 saturated heterocycles. The number of carbonyl (C=O) groups is 2. The third-order valence-electron chi connectivity index (χ3n) is 9.56. The van der Waals surface area contributed by atoms with Crippen molar-refractivity contribution < 1.29 is 27.5 Å². The van der Waals surface area contributed by atoms with Crippen molar-refractivity contribution in [1.29, 1.82) is 0 Å². The molecular formula is C33H40F3N7O3. The van der Waals surface area contributed by atoms with E-state index in [0.717, 1.165) is 31.2 Å². The molecule has 10 nitrogen and oxygen atoms in total. The van der Waals surface area contributed by atoms with Crippen LogP contribution >= 0.6 is 0 Å². The fraction of sp³-hybridized carbons (Fsp3) is 0.515. The molecule has 46 heavy (non-hydrogen) atoms. The number of halogens is 3. The Morgan fingerprint density at radius 3 is 2.46 bits per heavy atom. The predicted molar refractivity (Wildman–Crippen MR) is 165 cm³/mol. The van der Waals surface area contributed by atoms with E-state index in [1.54, 1.807) is 18.2 Å². The molecule has 1 aromatic heterocycles. The van der Waals surface area contributed by atoms with Crippen LogP contribution in [0.25, 0.3) is 0 Å². The first-order chi connectivity index (χ1) is 21.9. The van der Waals surface area contributed by atoms with E-state index in [-0.39, 0.29) is 41.1 Å². The molecule has 2 aromatic carbocycles. The lowest BCUT2D eigenvalue weighted by atomic mass is 9.67. The molecule has 2 heterocycles. The van der Waals surface area contributed by atoms with E-state index in [2.05, 4.69) is 51.4 Å². The van der Waals surface area contributed by atoms with Crippen molar-refractivity contribution in [2.75, 3.05) is 0 Å². The molecule has 0 unspecified atom stereocenters. The Morgan fingerprint density at radius 1 is 1.13 bits per heavy atom. The molecule has 1 aliphatic carbocycles. The van der Waals surface area contributed by atoms with Crippen molar-refractivity contribution in [3.63, 3.8) is 0 Å². The van der Waals surface area contributed by atoms with Crippen molar-refractivity contribution in [2.24, 2.45) is 16.3 Å². The number of nitrogens with one attached hydrogen (secondary N) is 2. The van der Waals surface area contributed by atoms with Crippen molar-refractivity contribution in [3.05, 3.63) is 71.0 Å². The molecule has 13 heteroatoms. The van der Waals surface area contributed by atoms with Gasteiger partial charge in [-0.3, -0.25) is 14.6 Å². The molecule has 2 amide bonds. The zero-order valence-corrected chi connectivity index (χ0v) is 26.5. The van der Waals surface area contributed by atoms with Gasteiger partial charge in [0.25, 0.3) is 11.8 Å². The van der Waals surface area contributed by atoms with Crippen molar-refractivity contribution >= 4 is 17.5 Å². The third kappa shape index (κ3) is 7.07. The van der Waals surface area contributed by atoms with Crippen LogP contribution in [-0.2, 0) is 11.3 Å². The number of hydrogen-bond donors (Lipinski definition) is 2. The molecule has 0 bridgehead atoms. The highest BCUT2D eigenvalue weighted by Gasteiger charge is 2.52. The van der Waals surface area contributed by atoms with Gasteiger partial charge in [0.15, 0.2) is 5.82 Å². The fourth-order valence-corrected chi connectivity index (χ4v) is 6.67. The average Bonchev–Trinajstić information content (AvgIpc) is 3.65. The number of benzene rings is 2. The monoisotopic (exact) mass is 639 g/mol. The Morgan fingerprint density at radius 2 is 1.85 bits per heavy atom. The molecule has 0 radical (unpaired) electrons. The van der Waals surface area contributed by atoms with Gasteiger partial charge in [-0.05, 0) is 73.3 Å². The van der Waals surface area contributed by atoms with Crippen molar-refractivity contribution in [3.8, 4) is 5.75 Å². The van der Waals surface area contributed by atoms with Gasteiger partial charge >= 0.3 is 6.36 Å². The number of aromatic amines is 1. The number of alkyl halides is 3. The Labute approximate surface area is 266 Å². The molecule has 1 atom stereocenters. The standard InChI is InChI=1S/C33H40F3N7O3/c1-5-8-26(21-11-13-22(14-12-21)29(44)37-20-27-39-41-42-40-27)43-30(45)28(23-9-7-10-25(19-23)46-33(34,35)36)38-32(43)17-15-24(16-18-32)31(3,4)6-2/h7,9-14,19,24,26H,5-6,8,15-18,20H2,1-4H3,(H,37,44)(H,39,40,41,42)/t24?,26-,32?/m1/s1. The van der Waals surface area contributed by atoms with Crippen LogP contribution in [0.2, 0.25) is 0 Å². The maximum Gasteiger partial charge on any atom is 0.573 e. The Balaban J connectivity index is 1.47. The number of hydrogen-bond acceptors (Lipinski definition) is 7. The number of aliphatic imine (C=N–C) groups is 1. The summed E-state index contributed by atoms with van der Waals surface area (Å²) in [5, 5.41) is 16.3. The van der Waals surface area contributed by atoms with E-state index >= 15 is 0 Å². The fourth-order valence-electron chi connectivity index (χ4n) is 6.67. The second kappa shape index (κ2) is 13.2. The minimum Gasteiger partial charge on any atom is -0.406 e. The van der Waals surface area contributed by atoms with Crippen LogP contribution in [0.3, 0.4) is 0 Å². The maximum atomic E-state index is 14.4. The lowest BCUT2D eigenvalue weighted by Crippen LogP contribution is -2.51. The Hall–Kier alpha value is -4.29. The van der Waals surface area contributed by atoms with Gasteiger partial charge < -0.3 is 15.0 Å². The normalized spacial score (nSPS) is 20.9. The first-order valence-electron chi connectivity index (χ1n) is 15.8. The van der Waals surface area contributed by atoms with Crippen LogP contribution < -0.4 is 10.1 Å². The lowest BCUT2D eigenvalue weighted by Gasteiger charge is -2.48. The van der Waals surface area contributed by atoms with Gasteiger partial charge in [0.1, 0.15) is 17.1 Å². The minimum atomic E-state index is -4.86. The molecule has 1 aliphatic heterocycles. The van der Waals surface area contributed by atoms with Crippen LogP contribution in [0, 0.1) is 11.3 Å². The van der Waals surface area contributed by atoms with Crippen LogP contribution in [0.5, 0.6) is 5.75 Å². The molecule has 1 saturated carbocycles. The van der Waals surface area contributed by atoms with E-state index in [4.69, 9.17) is 4.99 Å². The number of ether oxygens (including phenoxy) is 1. The zero-order chi connectivity index (χ0) is 33.1. The van der Waals surface area contributed by atoms with Gasteiger partial charge in [-0.25, -0.2) is 0 Å². The number of H-pyrrole nitrogens is 1. The quantitative estimate of drug-likeness (QED) is 0.246. The van der Waals surface area contributed by atoms with Crippen molar-refractivity contribution in [1.82, 2.24) is 30.8 Å².